The molecular weight excluding hydrogens is 352 g/mol. The van der Waals surface area contributed by atoms with Crippen LogP contribution in [-0.2, 0) is 16.6 Å². The van der Waals surface area contributed by atoms with Crippen molar-refractivity contribution in [2.24, 2.45) is 0 Å². The molecule has 26 heavy (non-hydrogen) atoms. The fourth-order valence-corrected chi connectivity index (χ4v) is 3.91. The second-order valence-corrected chi connectivity index (χ2v) is 7.66. The summed E-state index contributed by atoms with van der Waals surface area (Å²) in [6.07, 6.45) is 1.68. The second-order valence-electron chi connectivity index (χ2n) is 5.72. The lowest BCUT2D eigenvalue weighted by Crippen LogP contribution is -2.31. The maximum absolute atomic E-state index is 12.5. The quantitative estimate of drug-likeness (QED) is 0.805. The monoisotopic (exact) mass is 376 g/mol. The maximum atomic E-state index is 12.5. The Kier molecular flexibility index (Phi) is 6.70. The van der Waals surface area contributed by atoms with E-state index in [1.54, 1.807) is 39.2 Å². The average molecular weight is 376 g/mol. The predicted molar refractivity (Wildman–Crippen MR) is 101 cm³/mol. The van der Waals surface area contributed by atoms with E-state index in [-0.39, 0.29) is 10.9 Å². The smallest absolute Gasteiger partial charge is 0.321 e. The minimum absolute atomic E-state index is 0.209. The molecule has 1 heterocycles. The van der Waals surface area contributed by atoms with Gasteiger partial charge >= 0.3 is 6.03 Å². The van der Waals surface area contributed by atoms with Gasteiger partial charge in [0, 0.05) is 32.0 Å². The zero-order valence-electron chi connectivity index (χ0n) is 15.2. The summed E-state index contributed by atoms with van der Waals surface area (Å²) in [7, 11) is -1.83. The van der Waals surface area contributed by atoms with E-state index in [1.807, 2.05) is 18.2 Å². The van der Waals surface area contributed by atoms with Crippen molar-refractivity contribution in [3.05, 3.63) is 54.4 Å². The maximum Gasteiger partial charge on any atom is 0.321 e. The lowest BCUT2D eigenvalue weighted by molar-refractivity contribution is 0.220. The number of aromatic nitrogens is 1. The van der Waals surface area contributed by atoms with Crippen LogP contribution in [0.1, 0.15) is 19.5 Å². The van der Waals surface area contributed by atoms with Crippen LogP contribution in [-0.4, -0.2) is 48.8 Å². The van der Waals surface area contributed by atoms with Crippen LogP contribution >= 0.6 is 0 Å². The normalized spacial score (nSPS) is 11.4. The molecule has 1 aromatic heterocycles. The van der Waals surface area contributed by atoms with E-state index in [9.17, 15) is 13.2 Å². The number of nitrogens with zero attached hydrogens (tertiary/aromatic N) is 3. The summed E-state index contributed by atoms with van der Waals surface area (Å²) in [5.41, 5.74) is 1.31. The molecule has 0 aliphatic carbocycles. The Bertz CT molecular complexity index is 819. The Labute approximate surface area is 154 Å². The van der Waals surface area contributed by atoms with Crippen LogP contribution in [0.25, 0.3) is 0 Å². The van der Waals surface area contributed by atoms with Gasteiger partial charge in [0.25, 0.3) is 0 Å². The van der Waals surface area contributed by atoms with Crippen molar-refractivity contribution < 1.29 is 13.2 Å². The summed E-state index contributed by atoms with van der Waals surface area (Å²) >= 11 is 0. The van der Waals surface area contributed by atoms with E-state index in [2.05, 4.69) is 10.3 Å². The number of hydrogen-bond acceptors (Lipinski definition) is 4. The molecule has 8 heteroatoms. The number of hydrogen-bond donors (Lipinski definition) is 1. The molecule has 0 spiro atoms. The Balaban J connectivity index is 2.03. The molecule has 0 aliphatic rings. The highest BCUT2D eigenvalue weighted by atomic mass is 32.2. The molecule has 0 atom stereocenters. The van der Waals surface area contributed by atoms with Crippen molar-refractivity contribution in [3.8, 4) is 0 Å². The zero-order chi connectivity index (χ0) is 19.2. The molecule has 7 nitrogen and oxygen atoms in total. The molecule has 0 saturated carbocycles. The van der Waals surface area contributed by atoms with Gasteiger partial charge in [-0.3, -0.25) is 4.98 Å². The number of sulfonamides is 1. The number of nitrogens with one attached hydrogen (secondary N) is 1. The van der Waals surface area contributed by atoms with Gasteiger partial charge in [0.05, 0.1) is 17.1 Å². The third-order valence-corrected chi connectivity index (χ3v) is 5.98. The van der Waals surface area contributed by atoms with Crippen LogP contribution in [0.3, 0.4) is 0 Å². The molecule has 1 aromatic carbocycles. The Morgan fingerprint density at radius 3 is 2.27 bits per heavy atom. The first kappa shape index (κ1) is 19.9. The average Bonchev–Trinajstić information content (AvgIpc) is 2.63. The Morgan fingerprint density at radius 1 is 1.08 bits per heavy atom. The van der Waals surface area contributed by atoms with Gasteiger partial charge in [-0.25, -0.2) is 13.2 Å². The van der Waals surface area contributed by atoms with Crippen molar-refractivity contribution in [1.29, 1.82) is 0 Å². The molecule has 140 valence electrons. The first-order valence-electron chi connectivity index (χ1n) is 8.40. The molecule has 1 N–H and O–H groups in total. The van der Waals surface area contributed by atoms with Crippen molar-refractivity contribution in [2.75, 3.05) is 25.5 Å². The van der Waals surface area contributed by atoms with E-state index in [0.717, 1.165) is 5.69 Å². The third kappa shape index (κ3) is 4.80. The fraction of sp³-hybridized carbons (Fsp3) is 0.333. The molecule has 0 aliphatic heterocycles. The molecular formula is C18H24N4O3S. The van der Waals surface area contributed by atoms with Crippen LogP contribution < -0.4 is 5.32 Å². The molecule has 2 aromatic rings. The molecule has 0 radical (unpaired) electrons. The lowest BCUT2D eigenvalue weighted by atomic mass is 10.3. The summed E-state index contributed by atoms with van der Waals surface area (Å²) in [6, 6.07) is 11.4. The van der Waals surface area contributed by atoms with Gasteiger partial charge in [-0.05, 0) is 36.4 Å². The molecule has 0 unspecified atom stereocenters. The van der Waals surface area contributed by atoms with Crippen LogP contribution in [0.4, 0.5) is 10.5 Å². The number of rotatable bonds is 7. The first-order chi connectivity index (χ1) is 12.4. The number of anilines is 1. The van der Waals surface area contributed by atoms with Crippen LogP contribution in [0, 0.1) is 0 Å². The third-order valence-electron chi connectivity index (χ3n) is 3.92. The summed E-state index contributed by atoms with van der Waals surface area (Å²) < 4.78 is 26.3. The second kappa shape index (κ2) is 8.77. The molecule has 0 bridgehead atoms. The summed E-state index contributed by atoms with van der Waals surface area (Å²) in [6.45, 7) is 4.80. The van der Waals surface area contributed by atoms with E-state index in [4.69, 9.17) is 0 Å². The summed E-state index contributed by atoms with van der Waals surface area (Å²) in [5.74, 6) is 0. The van der Waals surface area contributed by atoms with Gasteiger partial charge in [0.1, 0.15) is 0 Å². The number of amides is 2. The van der Waals surface area contributed by atoms with Gasteiger partial charge < -0.3 is 10.2 Å². The van der Waals surface area contributed by atoms with E-state index in [1.165, 1.54) is 21.3 Å². The van der Waals surface area contributed by atoms with Gasteiger partial charge in [0.2, 0.25) is 10.0 Å². The number of benzene rings is 1. The Morgan fingerprint density at radius 2 is 1.73 bits per heavy atom. The highest BCUT2D eigenvalue weighted by Gasteiger charge is 2.21. The SMILES string of the molecule is CCN(CC)S(=O)(=O)c1ccc(NC(=O)N(C)Cc2ccccn2)cc1. The van der Waals surface area contributed by atoms with Crippen LogP contribution in [0.15, 0.2) is 53.6 Å². The van der Waals surface area contributed by atoms with Crippen molar-refractivity contribution >= 4 is 21.7 Å². The minimum atomic E-state index is -3.50. The van der Waals surface area contributed by atoms with Crippen molar-refractivity contribution in [2.45, 2.75) is 25.3 Å². The Hall–Kier alpha value is -2.45. The van der Waals surface area contributed by atoms with E-state index < -0.39 is 10.0 Å². The molecule has 0 saturated heterocycles. The van der Waals surface area contributed by atoms with Crippen molar-refractivity contribution in [1.82, 2.24) is 14.2 Å². The van der Waals surface area contributed by atoms with Crippen LogP contribution in [0.2, 0.25) is 0 Å². The van der Waals surface area contributed by atoms with Gasteiger partial charge in [-0.2, -0.15) is 4.31 Å². The van der Waals surface area contributed by atoms with Gasteiger partial charge in [0.15, 0.2) is 0 Å². The lowest BCUT2D eigenvalue weighted by Gasteiger charge is -2.19. The van der Waals surface area contributed by atoms with Crippen molar-refractivity contribution in [3.63, 3.8) is 0 Å². The summed E-state index contributed by atoms with van der Waals surface area (Å²) in [4.78, 5) is 18.2. The van der Waals surface area contributed by atoms with Gasteiger partial charge in [-0.15, -0.1) is 0 Å². The number of pyridine rings is 1. The zero-order valence-corrected chi connectivity index (χ0v) is 16.0. The number of urea groups is 1. The van der Waals surface area contributed by atoms with Crippen LogP contribution in [0.5, 0.6) is 0 Å². The van der Waals surface area contributed by atoms with Gasteiger partial charge in [-0.1, -0.05) is 19.9 Å². The topological polar surface area (TPSA) is 82.6 Å². The van der Waals surface area contributed by atoms with E-state index in [0.29, 0.717) is 25.3 Å². The highest BCUT2D eigenvalue weighted by Crippen LogP contribution is 2.18. The molecule has 0 fully saturated rings. The minimum Gasteiger partial charge on any atom is -0.322 e. The largest absolute Gasteiger partial charge is 0.322 e. The predicted octanol–water partition coefficient (Wildman–Crippen LogP) is 2.78. The van der Waals surface area contributed by atoms with E-state index >= 15 is 0 Å². The molecule has 2 rings (SSSR count). The first-order valence-corrected chi connectivity index (χ1v) is 9.84. The molecule has 2 amide bonds. The number of carbonyl (C=O) groups excluding carboxylic acids is 1. The summed E-state index contributed by atoms with van der Waals surface area (Å²) in [5, 5.41) is 2.75. The number of carbonyl (C=O) groups is 1. The standard InChI is InChI=1S/C18H24N4O3S/c1-4-22(5-2)26(24,25)17-11-9-15(10-12-17)20-18(23)21(3)14-16-8-6-7-13-19-16/h6-13H,4-5,14H2,1-3H3,(H,20,23). The fourth-order valence-electron chi connectivity index (χ4n) is 2.45. The highest BCUT2D eigenvalue weighted by molar-refractivity contribution is 7.89.